The van der Waals surface area contributed by atoms with Gasteiger partial charge in [-0.05, 0) is 54.1 Å². The molecular formula is C22H14ClN3O. The molecule has 0 fully saturated rings. The fourth-order valence-corrected chi connectivity index (χ4v) is 2.93. The molecule has 1 aromatic heterocycles. The summed E-state index contributed by atoms with van der Waals surface area (Å²) in [6, 6.07) is 24.7. The Bertz CT molecular complexity index is 1140. The van der Waals surface area contributed by atoms with Gasteiger partial charge in [-0.2, -0.15) is 5.26 Å². The Kier molecular flexibility index (Phi) is 4.61. The molecule has 0 bridgehead atoms. The fraction of sp³-hybridized carbons (Fsp3) is 0. The molecule has 4 rings (SSSR count). The average molecular weight is 372 g/mol. The third-order valence-corrected chi connectivity index (χ3v) is 4.34. The van der Waals surface area contributed by atoms with E-state index < -0.39 is 0 Å². The van der Waals surface area contributed by atoms with Crippen molar-refractivity contribution < 1.29 is 4.74 Å². The molecule has 4 nitrogen and oxygen atoms in total. The van der Waals surface area contributed by atoms with Crippen molar-refractivity contribution in [2.24, 2.45) is 0 Å². The molecular weight excluding hydrogens is 358 g/mol. The summed E-state index contributed by atoms with van der Waals surface area (Å²) in [4.78, 5) is 7.63. The van der Waals surface area contributed by atoms with Crippen molar-refractivity contribution in [3.8, 4) is 17.6 Å². The SMILES string of the molecule is N#C/C(=C\c1ccc(Oc2ccccc2)cc1Cl)c1nc2ccccc2[nH]1. The minimum atomic E-state index is 0.407. The summed E-state index contributed by atoms with van der Waals surface area (Å²) in [6.45, 7) is 0. The van der Waals surface area contributed by atoms with Crippen molar-refractivity contribution >= 4 is 34.3 Å². The van der Waals surface area contributed by atoms with Gasteiger partial charge in [0.1, 0.15) is 23.4 Å². The third kappa shape index (κ3) is 3.69. The third-order valence-electron chi connectivity index (χ3n) is 4.02. The first-order valence-corrected chi connectivity index (χ1v) is 8.70. The highest BCUT2D eigenvalue weighted by atomic mass is 35.5. The number of halogens is 1. The second kappa shape index (κ2) is 7.36. The van der Waals surface area contributed by atoms with Crippen molar-refractivity contribution in [1.29, 1.82) is 5.26 Å². The van der Waals surface area contributed by atoms with E-state index >= 15 is 0 Å². The zero-order chi connectivity index (χ0) is 18.6. The highest BCUT2D eigenvalue weighted by Crippen LogP contribution is 2.29. The normalized spacial score (nSPS) is 11.3. The molecule has 27 heavy (non-hydrogen) atoms. The maximum Gasteiger partial charge on any atom is 0.149 e. The maximum absolute atomic E-state index is 9.56. The Morgan fingerprint density at radius 2 is 1.78 bits per heavy atom. The number of nitriles is 1. The summed E-state index contributed by atoms with van der Waals surface area (Å²) in [5.41, 5.74) is 2.82. The standard InChI is InChI=1S/C22H14ClN3O/c23-19-13-18(27-17-6-2-1-3-7-17)11-10-15(19)12-16(14-24)22-25-20-8-4-5-9-21(20)26-22/h1-13H,(H,25,26)/b16-12+. The fourth-order valence-electron chi connectivity index (χ4n) is 2.70. The van der Waals surface area contributed by atoms with Crippen molar-refractivity contribution in [2.75, 3.05) is 0 Å². The van der Waals surface area contributed by atoms with Crippen LogP contribution < -0.4 is 4.74 Å². The van der Waals surface area contributed by atoms with Crippen molar-refractivity contribution in [2.45, 2.75) is 0 Å². The molecule has 130 valence electrons. The van der Waals surface area contributed by atoms with Crippen LogP contribution in [0.5, 0.6) is 11.5 Å². The molecule has 5 heteroatoms. The van der Waals surface area contributed by atoms with E-state index in [-0.39, 0.29) is 0 Å². The number of fused-ring (bicyclic) bond motifs is 1. The summed E-state index contributed by atoms with van der Waals surface area (Å²) >= 11 is 6.40. The number of imidazole rings is 1. The highest BCUT2D eigenvalue weighted by Gasteiger charge is 2.09. The Balaban J connectivity index is 1.64. The van der Waals surface area contributed by atoms with E-state index in [4.69, 9.17) is 16.3 Å². The van der Waals surface area contributed by atoms with E-state index in [1.54, 1.807) is 12.1 Å². The minimum absolute atomic E-state index is 0.407. The van der Waals surface area contributed by atoms with Crippen LogP contribution in [0.25, 0.3) is 22.7 Å². The van der Waals surface area contributed by atoms with Gasteiger partial charge in [-0.25, -0.2) is 4.98 Å². The molecule has 0 unspecified atom stereocenters. The van der Waals surface area contributed by atoms with Crippen LogP contribution in [0.1, 0.15) is 11.4 Å². The number of aromatic nitrogens is 2. The first-order valence-electron chi connectivity index (χ1n) is 8.32. The predicted molar refractivity (Wildman–Crippen MR) is 108 cm³/mol. The van der Waals surface area contributed by atoms with Crippen molar-refractivity contribution in [3.63, 3.8) is 0 Å². The van der Waals surface area contributed by atoms with E-state index in [2.05, 4.69) is 16.0 Å². The number of ether oxygens (including phenoxy) is 1. The largest absolute Gasteiger partial charge is 0.457 e. The zero-order valence-electron chi connectivity index (χ0n) is 14.2. The smallest absolute Gasteiger partial charge is 0.149 e. The molecule has 0 atom stereocenters. The second-order valence-corrected chi connectivity index (χ2v) is 6.28. The molecule has 0 aliphatic rings. The number of allylic oxidation sites excluding steroid dienone is 1. The number of hydrogen-bond donors (Lipinski definition) is 1. The number of H-pyrrole nitrogens is 1. The van der Waals surface area contributed by atoms with E-state index in [1.807, 2.05) is 66.7 Å². The quantitative estimate of drug-likeness (QED) is 0.442. The number of hydrogen-bond acceptors (Lipinski definition) is 3. The highest BCUT2D eigenvalue weighted by molar-refractivity contribution is 6.32. The lowest BCUT2D eigenvalue weighted by Gasteiger charge is -2.07. The van der Waals surface area contributed by atoms with Crippen molar-refractivity contribution in [1.82, 2.24) is 9.97 Å². The number of aromatic amines is 1. The number of rotatable bonds is 4. The summed E-state index contributed by atoms with van der Waals surface area (Å²) in [6.07, 6.45) is 1.71. The first-order chi connectivity index (χ1) is 13.2. The van der Waals surface area contributed by atoms with Gasteiger partial charge >= 0.3 is 0 Å². The number of nitrogens with zero attached hydrogens (tertiary/aromatic N) is 2. The van der Waals surface area contributed by atoms with Crippen LogP contribution in [0.3, 0.4) is 0 Å². The first kappa shape index (κ1) is 16.9. The maximum atomic E-state index is 9.56. The van der Waals surface area contributed by atoms with E-state index in [1.165, 1.54) is 0 Å². The second-order valence-electron chi connectivity index (χ2n) is 5.87. The Hall–Kier alpha value is -3.55. The molecule has 1 N–H and O–H groups in total. The van der Waals surface area contributed by atoms with Gasteiger partial charge in [0.15, 0.2) is 0 Å². The number of nitrogens with one attached hydrogen (secondary N) is 1. The molecule has 0 spiro atoms. The molecule has 0 radical (unpaired) electrons. The monoisotopic (exact) mass is 371 g/mol. The van der Waals surface area contributed by atoms with Crippen LogP contribution in [0.4, 0.5) is 0 Å². The minimum Gasteiger partial charge on any atom is -0.457 e. The molecule has 0 amide bonds. The van der Waals surface area contributed by atoms with Gasteiger partial charge in [0.25, 0.3) is 0 Å². The van der Waals surface area contributed by atoms with Crippen molar-refractivity contribution in [3.05, 3.63) is 89.2 Å². The summed E-state index contributed by atoms with van der Waals surface area (Å²) < 4.78 is 5.78. The van der Waals surface area contributed by atoms with Gasteiger partial charge in [-0.15, -0.1) is 0 Å². The molecule has 4 aromatic rings. The number of benzene rings is 3. The average Bonchev–Trinajstić information content (AvgIpc) is 3.12. The molecule has 0 saturated heterocycles. The summed E-state index contributed by atoms with van der Waals surface area (Å²) in [5.74, 6) is 1.88. The van der Waals surface area contributed by atoms with Crippen LogP contribution >= 0.6 is 11.6 Å². The van der Waals surface area contributed by atoms with Gasteiger partial charge in [0.05, 0.1) is 21.6 Å². The molecule has 0 saturated carbocycles. The predicted octanol–water partition coefficient (Wildman–Crippen LogP) is 6.07. The van der Waals surface area contributed by atoms with Gasteiger partial charge in [-0.1, -0.05) is 41.9 Å². The molecule has 1 heterocycles. The Labute approximate surface area is 161 Å². The summed E-state index contributed by atoms with van der Waals surface area (Å²) in [5, 5.41) is 10.1. The van der Waals surface area contributed by atoms with Gasteiger partial charge in [0, 0.05) is 0 Å². The van der Waals surface area contributed by atoms with Crippen LogP contribution in [0.2, 0.25) is 5.02 Å². The molecule has 0 aliphatic carbocycles. The van der Waals surface area contributed by atoms with E-state index in [0.717, 1.165) is 16.8 Å². The van der Waals surface area contributed by atoms with Crippen LogP contribution in [0.15, 0.2) is 72.8 Å². The van der Waals surface area contributed by atoms with Crippen LogP contribution in [-0.2, 0) is 0 Å². The zero-order valence-corrected chi connectivity index (χ0v) is 14.9. The van der Waals surface area contributed by atoms with E-state index in [0.29, 0.717) is 27.7 Å². The topological polar surface area (TPSA) is 61.7 Å². The van der Waals surface area contributed by atoms with Crippen LogP contribution in [0, 0.1) is 11.3 Å². The summed E-state index contributed by atoms with van der Waals surface area (Å²) in [7, 11) is 0. The lowest BCUT2D eigenvalue weighted by Crippen LogP contribution is -1.87. The molecule has 0 aliphatic heterocycles. The Morgan fingerprint density at radius 1 is 1.00 bits per heavy atom. The molecule has 3 aromatic carbocycles. The number of para-hydroxylation sites is 3. The van der Waals surface area contributed by atoms with Gasteiger partial charge in [-0.3, -0.25) is 0 Å². The Morgan fingerprint density at radius 3 is 2.52 bits per heavy atom. The van der Waals surface area contributed by atoms with Crippen LogP contribution in [-0.4, -0.2) is 9.97 Å². The lowest BCUT2D eigenvalue weighted by atomic mass is 10.1. The van der Waals surface area contributed by atoms with Gasteiger partial charge in [0.2, 0.25) is 0 Å². The van der Waals surface area contributed by atoms with E-state index in [9.17, 15) is 5.26 Å². The lowest BCUT2D eigenvalue weighted by molar-refractivity contribution is 0.482. The van der Waals surface area contributed by atoms with Gasteiger partial charge < -0.3 is 9.72 Å².